The fourth-order valence-corrected chi connectivity index (χ4v) is 11.5. The van der Waals surface area contributed by atoms with E-state index in [1.54, 1.807) is 60.8 Å². The highest BCUT2D eigenvalue weighted by Crippen LogP contribution is 2.52. The monoisotopic (exact) mass is 1000 g/mol. The second kappa shape index (κ2) is 23.0. The van der Waals surface area contributed by atoms with Gasteiger partial charge in [-0.2, -0.15) is 0 Å². The first-order chi connectivity index (χ1) is 31.9. The van der Waals surface area contributed by atoms with Crippen LogP contribution in [0.3, 0.4) is 0 Å². The smallest absolute Gasteiger partial charge is 0.409 e. The van der Waals surface area contributed by atoms with Gasteiger partial charge in [-0.05, 0) is 65.2 Å². The third-order valence-corrected chi connectivity index (χ3v) is 17.0. The zero-order chi connectivity index (χ0) is 50.3. The molecule has 0 aromatic heterocycles. The molecule has 0 spiro atoms. The van der Waals surface area contributed by atoms with Gasteiger partial charge in [0, 0.05) is 101 Å². The van der Waals surface area contributed by atoms with Crippen LogP contribution < -0.4 is 20.3 Å². The number of benzene rings is 1. The molecule has 20 heteroatoms. The minimum Gasteiger partial charge on any atom is -0.495 e. The Labute approximate surface area is 411 Å². The molecule has 1 aromatic rings. The SMILES string of the molecule is COc1cc2cc(c1Cl)N(C)C(=O)C[C@H](CC(=O)[C@H](C)N(C)C(=O)CCC(C)(C)SSCCNC(=O)CCN1C(=O)C=CC1=O)[C@]1(C)O[C@H]1[C@H](C)[C@@H]1C[C@@](O)(NC(=O)O1)[C@H](OC)/C=C/C=C(\C)C2. The topological polar surface area (TPSA) is 214 Å². The number of likely N-dealkylation sites (N-methyl/N-ethyl adjacent to an activating group) is 1. The highest BCUT2D eigenvalue weighted by Gasteiger charge is 2.63. The van der Waals surface area contributed by atoms with E-state index < -0.39 is 65.4 Å². The Hall–Kier alpha value is -4.40. The summed E-state index contributed by atoms with van der Waals surface area (Å²) in [7, 11) is 9.27. The van der Waals surface area contributed by atoms with Gasteiger partial charge in [0.25, 0.3) is 11.8 Å². The normalized spacial score (nSPS) is 28.2. The molecule has 4 aliphatic rings. The molecular weight excluding hydrogens is 938 g/mol. The molecule has 17 nitrogen and oxygen atoms in total. The quantitative estimate of drug-likeness (QED) is 0.0756. The van der Waals surface area contributed by atoms with Gasteiger partial charge in [0.15, 0.2) is 11.5 Å². The molecule has 2 fully saturated rings. The summed E-state index contributed by atoms with van der Waals surface area (Å²) in [5.41, 5.74) is -0.723. The van der Waals surface area contributed by atoms with Crippen molar-refractivity contribution in [2.45, 2.75) is 127 Å². The van der Waals surface area contributed by atoms with Crippen molar-refractivity contribution in [3.05, 3.63) is 58.7 Å². The lowest BCUT2D eigenvalue weighted by Crippen LogP contribution is -2.63. The van der Waals surface area contributed by atoms with Crippen LogP contribution in [0.2, 0.25) is 5.02 Å². The van der Waals surface area contributed by atoms with E-state index in [2.05, 4.69) is 10.6 Å². The van der Waals surface area contributed by atoms with Crippen molar-refractivity contribution in [2.24, 2.45) is 11.8 Å². The number of nitrogens with zero attached hydrogens (tertiary/aromatic N) is 3. The van der Waals surface area contributed by atoms with Crippen LogP contribution in [0, 0.1) is 11.8 Å². The standard InChI is InChI=1S/C48H66ClN5O12S2/c1-28-12-11-13-37(64-10)48(62)27-36(65-45(61)51-48)29(2)44-47(6,66-44)32(26-42(60)53(8)33-23-31(22-28)24-35(63-9)43(33)49)25-34(55)30(3)52(7)39(57)16-18-46(4,5)68-67-21-19-50-38(56)17-20-54-40(58)14-15-41(54)59/h11-15,23-24,29-30,32,36-37,44,62H,16-22,25-27H2,1-10H3,(H,50,56)(H,51,61)/b13-11+,28-12+/t29-,30+,32+,36+,37-,44+,47+,48+/m1/s1. The lowest BCUT2D eigenvalue weighted by Gasteiger charge is -2.42. The number of methoxy groups -OCH3 is 2. The first-order valence-corrected chi connectivity index (χ1v) is 25.4. The molecule has 4 aliphatic heterocycles. The van der Waals surface area contributed by atoms with Crippen LogP contribution in [0.5, 0.6) is 5.75 Å². The summed E-state index contributed by atoms with van der Waals surface area (Å²) in [4.78, 5) is 95.0. The highest BCUT2D eigenvalue weighted by molar-refractivity contribution is 8.77. The number of ether oxygens (including phenoxy) is 4. The molecule has 1 aromatic carbocycles. The average Bonchev–Trinajstić information content (AvgIpc) is 3.88. The number of allylic oxidation sites excluding steroid dienone is 3. The fourth-order valence-electron chi connectivity index (χ4n) is 8.70. The number of amides is 6. The molecule has 4 bridgehead atoms. The summed E-state index contributed by atoms with van der Waals surface area (Å²) >= 11 is 6.84. The van der Waals surface area contributed by atoms with Crippen LogP contribution in [-0.4, -0.2) is 144 Å². The Kier molecular flexibility index (Phi) is 18.5. The molecule has 5 rings (SSSR count). The van der Waals surface area contributed by atoms with E-state index in [9.17, 15) is 38.7 Å². The lowest BCUT2D eigenvalue weighted by molar-refractivity contribution is -0.142. The number of carbonyl (C=O) groups is 7. The van der Waals surface area contributed by atoms with Crippen LogP contribution >= 0.6 is 33.2 Å². The second-order valence-electron chi connectivity index (χ2n) is 18.8. The predicted octanol–water partition coefficient (Wildman–Crippen LogP) is 5.55. The van der Waals surface area contributed by atoms with Gasteiger partial charge in [0.05, 0.1) is 30.5 Å². The van der Waals surface area contributed by atoms with E-state index in [0.29, 0.717) is 36.6 Å². The maximum Gasteiger partial charge on any atom is 0.409 e. The van der Waals surface area contributed by atoms with Gasteiger partial charge in [-0.15, -0.1) is 0 Å². The zero-order valence-corrected chi connectivity index (χ0v) is 42.9. The van der Waals surface area contributed by atoms with Gasteiger partial charge in [0.2, 0.25) is 17.7 Å². The highest BCUT2D eigenvalue weighted by atomic mass is 35.5. The van der Waals surface area contributed by atoms with E-state index in [-0.39, 0.29) is 71.9 Å². The van der Waals surface area contributed by atoms with Crippen LogP contribution in [0.25, 0.3) is 0 Å². The first-order valence-electron chi connectivity index (χ1n) is 22.7. The first kappa shape index (κ1) is 54.5. The molecule has 6 amide bonds. The average molecular weight is 1000 g/mol. The number of ketones is 1. The summed E-state index contributed by atoms with van der Waals surface area (Å²) in [5.74, 6) is -2.18. The third kappa shape index (κ3) is 13.5. The van der Waals surface area contributed by atoms with Crippen LogP contribution in [0.1, 0.15) is 85.6 Å². The number of hydrogen-bond donors (Lipinski definition) is 3. The number of nitrogens with one attached hydrogen (secondary N) is 2. The van der Waals surface area contributed by atoms with Gasteiger partial charge in [0.1, 0.15) is 23.0 Å². The van der Waals surface area contributed by atoms with E-state index in [4.69, 9.17) is 30.5 Å². The number of anilines is 1. The number of fused-ring (bicyclic) bond motifs is 5. The van der Waals surface area contributed by atoms with Crippen molar-refractivity contribution in [2.75, 3.05) is 52.1 Å². The number of epoxide rings is 1. The van der Waals surface area contributed by atoms with Crippen molar-refractivity contribution in [3.8, 4) is 5.75 Å². The van der Waals surface area contributed by atoms with E-state index in [1.165, 1.54) is 36.2 Å². The number of alkyl carbamates (subject to hydrolysis) is 1. The third-order valence-electron chi connectivity index (χ3n) is 13.3. The summed E-state index contributed by atoms with van der Waals surface area (Å²) < 4.78 is 23.1. The van der Waals surface area contributed by atoms with Gasteiger partial charge < -0.3 is 39.2 Å². The Morgan fingerprint density at radius 1 is 1.13 bits per heavy atom. The van der Waals surface area contributed by atoms with E-state index in [1.807, 2.05) is 46.8 Å². The van der Waals surface area contributed by atoms with Crippen molar-refractivity contribution in [1.29, 1.82) is 0 Å². The number of hydrogen-bond acceptors (Lipinski definition) is 14. The van der Waals surface area contributed by atoms with Crippen LogP contribution in [-0.2, 0) is 49.4 Å². The summed E-state index contributed by atoms with van der Waals surface area (Å²) in [6, 6.07) is 2.78. The minimum absolute atomic E-state index is 0.0116. The Balaban J connectivity index is 1.26. The molecule has 2 saturated heterocycles. The van der Waals surface area contributed by atoms with Gasteiger partial charge in [-0.1, -0.05) is 63.9 Å². The number of imide groups is 1. The summed E-state index contributed by atoms with van der Waals surface area (Å²) in [6.45, 7) is 11.7. The number of rotatable bonds is 17. The molecule has 374 valence electrons. The fraction of sp³-hybridized carbons (Fsp3) is 0.604. The van der Waals surface area contributed by atoms with E-state index in [0.717, 1.165) is 16.0 Å². The number of halogens is 1. The molecule has 0 aliphatic carbocycles. The Bertz CT molecular complexity index is 2190. The summed E-state index contributed by atoms with van der Waals surface area (Å²) in [5, 5.41) is 17.4. The molecular formula is C48H66ClN5O12S2. The zero-order valence-electron chi connectivity index (χ0n) is 40.6. The molecule has 0 radical (unpaired) electrons. The lowest BCUT2D eigenvalue weighted by atomic mass is 9.77. The molecule has 4 heterocycles. The number of Topliss-reactive ketones (excluding diaryl/α,β-unsaturated/α-hetero) is 1. The van der Waals surface area contributed by atoms with Crippen LogP contribution in [0.4, 0.5) is 10.5 Å². The molecule has 3 N–H and O–H groups in total. The summed E-state index contributed by atoms with van der Waals surface area (Å²) in [6.07, 6.45) is 5.29. The second-order valence-corrected chi connectivity index (χ2v) is 22.3. The largest absolute Gasteiger partial charge is 0.495 e. The van der Waals surface area contributed by atoms with E-state index >= 15 is 0 Å². The van der Waals surface area contributed by atoms with Gasteiger partial charge in [-0.25, -0.2) is 4.79 Å². The molecule has 8 atom stereocenters. The molecule has 0 saturated carbocycles. The van der Waals surface area contributed by atoms with Crippen LogP contribution in [0.15, 0.2) is 48.1 Å². The number of aliphatic hydroxyl groups is 1. The minimum atomic E-state index is -1.83. The Morgan fingerprint density at radius 3 is 2.49 bits per heavy atom. The molecule has 0 unspecified atom stereocenters. The van der Waals surface area contributed by atoms with Crippen molar-refractivity contribution < 1.29 is 57.6 Å². The maximum absolute atomic E-state index is 14.4. The predicted molar refractivity (Wildman–Crippen MR) is 261 cm³/mol. The van der Waals surface area contributed by atoms with Gasteiger partial charge in [-0.3, -0.25) is 39.0 Å². The molecule has 68 heavy (non-hydrogen) atoms. The van der Waals surface area contributed by atoms with Crippen molar-refractivity contribution in [3.63, 3.8) is 0 Å². The van der Waals surface area contributed by atoms with Crippen molar-refractivity contribution in [1.82, 2.24) is 20.4 Å². The van der Waals surface area contributed by atoms with Crippen molar-refractivity contribution >= 4 is 80.3 Å². The van der Waals surface area contributed by atoms with Gasteiger partial charge >= 0.3 is 6.09 Å². The number of carbonyl (C=O) groups excluding carboxylic acids is 7. The maximum atomic E-state index is 14.4. The Morgan fingerprint density at radius 2 is 1.82 bits per heavy atom.